The number of alkyl halides is 1. The molecular formula is C9H10BrFO3S. The molecule has 0 aliphatic carbocycles. The van der Waals surface area contributed by atoms with Crippen molar-refractivity contribution in [1.29, 1.82) is 0 Å². The minimum Gasteiger partial charge on any atom is -0.386 e. The van der Waals surface area contributed by atoms with Crippen LogP contribution in [0.4, 0.5) is 4.39 Å². The quantitative estimate of drug-likeness (QED) is 0.863. The lowest BCUT2D eigenvalue weighted by Crippen LogP contribution is -2.21. The maximum Gasteiger partial charge on any atom is 0.163 e. The van der Waals surface area contributed by atoms with Crippen molar-refractivity contribution in [3.63, 3.8) is 0 Å². The average molecular weight is 297 g/mol. The molecule has 1 aromatic rings. The molecule has 0 amide bonds. The molecule has 0 heterocycles. The third kappa shape index (κ3) is 3.25. The number of sulfone groups is 1. The smallest absolute Gasteiger partial charge is 0.163 e. The molecule has 2 atom stereocenters. The van der Waals surface area contributed by atoms with E-state index in [-0.39, 0.29) is 5.56 Å². The van der Waals surface area contributed by atoms with Gasteiger partial charge in [-0.1, -0.05) is 28.1 Å². The van der Waals surface area contributed by atoms with E-state index in [1.165, 1.54) is 18.2 Å². The van der Waals surface area contributed by atoms with Gasteiger partial charge in [0, 0.05) is 6.26 Å². The van der Waals surface area contributed by atoms with E-state index in [4.69, 9.17) is 0 Å². The van der Waals surface area contributed by atoms with Gasteiger partial charge in [-0.25, -0.2) is 12.8 Å². The molecule has 3 nitrogen and oxygen atoms in total. The van der Waals surface area contributed by atoms with Gasteiger partial charge in [-0.2, -0.15) is 0 Å². The Hall–Kier alpha value is -0.460. The third-order valence-electron chi connectivity index (χ3n) is 1.85. The third-order valence-corrected chi connectivity index (χ3v) is 5.46. The second-order valence-corrected chi connectivity index (χ2v) is 6.94. The number of halogens is 2. The molecule has 0 aliphatic heterocycles. The van der Waals surface area contributed by atoms with E-state index in [1.54, 1.807) is 0 Å². The van der Waals surface area contributed by atoms with Gasteiger partial charge in [0.2, 0.25) is 0 Å². The topological polar surface area (TPSA) is 54.4 Å². The summed E-state index contributed by atoms with van der Waals surface area (Å²) in [6.45, 7) is 0. The van der Waals surface area contributed by atoms with Gasteiger partial charge in [-0.3, -0.25) is 0 Å². The van der Waals surface area contributed by atoms with Gasteiger partial charge >= 0.3 is 0 Å². The minimum absolute atomic E-state index is 0.224. The normalized spacial score (nSPS) is 16.0. The Morgan fingerprint density at radius 3 is 2.53 bits per heavy atom. The molecule has 0 saturated carbocycles. The molecule has 0 aliphatic rings. The van der Waals surface area contributed by atoms with Gasteiger partial charge in [0.05, 0.1) is 0 Å². The van der Waals surface area contributed by atoms with Gasteiger partial charge in [-0.05, 0) is 17.7 Å². The molecule has 1 rings (SSSR count). The van der Waals surface area contributed by atoms with Crippen LogP contribution >= 0.6 is 15.9 Å². The summed E-state index contributed by atoms with van der Waals surface area (Å²) in [6.07, 6.45) is -0.287. The monoisotopic (exact) mass is 296 g/mol. The van der Waals surface area contributed by atoms with Crippen LogP contribution in [0.1, 0.15) is 11.7 Å². The number of rotatable bonds is 3. The molecule has 0 fully saturated rings. The summed E-state index contributed by atoms with van der Waals surface area (Å²) in [5.41, 5.74) is 0.224. The zero-order chi connectivity index (χ0) is 11.6. The molecule has 0 aromatic heterocycles. The van der Waals surface area contributed by atoms with Gasteiger partial charge < -0.3 is 5.11 Å². The van der Waals surface area contributed by atoms with Crippen LogP contribution in [0.5, 0.6) is 0 Å². The Labute approximate surface area is 96.0 Å². The first kappa shape index (κ1) is 12.6. The van der Waals surface area contributed by atoms with Crippen LogP contribution in [-0.2, 0) is 9.84 Å². The zero-order valence-corrected chi connectivity index (χ0v) is 10.3. The number of aliphatic hydroxyl groups excluding tert-OH is 1. The van der Waals surface area contributed by atoms with Crippen LogP contribution in [0.25, 0.3) is 0 Å². The van der Waals surface area contributed by atoms with Crippen LogP contribution in [-0.4, -0.2) is 23.9 Å². The molecule has 0 bridgehead atoms. The lowest BCUT2D eigenvalue weighted by Gasteiger charge is -2.15. The van der Waals surface area contributed by atoms with E-state index in [1.807, 2.05) is 0 Å². The summed E-state index contributed by atoms with van der Waals surface area (Å²) in [5.74, 6) is -0.514. The first-order valence-electron chi connectivity index (χ1n) is 4.09. The fourth-order valence-electron chi connectivity index (χ4n) is 1.08. The van der Waals surface area contributed by atoms with Crippen LogP contribution < -0.4 is 0 Å². The van der Waals surface area contributed by atoms with Gasteiger partial charge in [0.1, 0.15) is 16.1 Å². The maximum absolute atomic E-state index is 12.8. The summed E-state index contributed by atoms with van der Waals surface area (Å²) in [5, 5.41) is 9.66. The van der Waals surface area contributed by atoms with E-state index < -0.39 is 25.9 Å². The molecule has 0 saturated heterocycles. The van der Waals surface area contributed by atoms with Crippen molar-refractivity contribution in [3.8, 4) is 0 Å². The van der Waals surface area contributed by atoms with Crippen molar-refractivity contribution in [2.24, 2.45) is 0 Å². The van der Waals surface area contributed by atoms with E-state index in [0.717, 1.165) is 12.3 Å². The molecule has 1 N–H and O–H groups in total. The van der Waals surface area contributed by atoms with Crippen LogP contribution in [0, 0.1) is 5.82 Å². The zero-order valence-electron chi connectivity index (χ0n) is 7.89. The van der Waals surface area contributed by atoms with E-state index >= 15 is 0 Å². The largest absolute Gasteiger partial charge is 0.386 e. The summed E-state index contributed by atoms with van der Waals surface area (Å²) < 4.78 is 33.9. The van der Waals surface area contributed by atoms with Crippen molar-refractivity contribution < 1.29 is 17.9 Å². The highest BCUT2D eigenvalue weighted by atomic mass is 79.9. The van der Waals surface area contributed by atoms with E-state index in [0.29, 0.717) is 0 Å². The Balaban J connectivity index is 3.00. The van der Waals surface area contributed by atoms with Gasteiger partial charge in [-0.15, -0.1) is 0 Å². The molecule has 1 aromatic carbocycles. The Bertz CT molecular complexity index is 446. The lowest BCUT2D eigenvalue weighted by molar-refractivity contribution is 0.194. The Morgan fingerprint density at radius 2 is 2.07 bits per heavy atom. The fraction of sp³-hybridized carbons (Fsp3) is 0.333. The SMILES string of the molecule is CS(=O)(=O)[C@@H](Br)[C@H](O)c1cccc(F)c1. The van der Waals surface area contributed by atoms with Crippen LogP contribution in [0.2, 0.25) is 0 Å². The average Bonchev–Trinajstić information content (AvgIpc) is 2.14. The van der Waals surface area contributed by atoms with Crippen molar-refractivity contribution in [1.82, 2.24) is 0 Å². The Morgan fingerprint density at radius 1 is 1.47 bits per heavy atom. The standard InChI is InChI=1S/C9H10BrFO3S/c1-15(13,14)9(10)8(12)6-3-2-4-7(11)5-6/h2-5,8-9,12H,1H3/t8-,9-/m1/s1. The van der Waals surface area contributed by atoms with Crippen molar-refractivity contribution in [2.45, 2.75) is 10.3 Å². The van der Waals surface area contributed by atoms with Gasteiger partial charge in [0.15, 0.2) is 9.84 Å². The molecular weight excluding hydrogens is 287 g/mol. The van der Waals surface area contributed by atoms with Crippen molar-refractivity contribution in [3.05, 3.63) is 35.6 Å². The number of hydrogen-bond acceptors (Lipinski definition) is 3. The summed E-state index contributed by atoms with van der Waals surface area (Å²) in [6, 6.07) is 5.20. The predicted molar refractivity (Wildman–Crippen MR) is 58.9 cm³/mol. The van der Waals surface area contributed by atoms with E-state index in [2.05, 4.69) is 15.9 Å². The Kier molecular flexibility index (Phi) is 3.86. The first-order valence-corrected chi connectivity index (χ1v) is 6.96. The van der Waals surface area contributed by atoms with Crippen molar-refractivity contribution in [2.75, 3.05) is 6.26 Å². The number of hydrogen-bond donors (Lipinski definition) is 1. The molecule has 84 valence electrons. The second-order valence-electron chi connectivity index (χ2n) is 3.18. The van der Waals surface area contributed by atoms with Crippen LogP contribution in [0.3, 0.4) is 0 Å². The highest BCUT2D eigenvalue weighted by molar-refractivity contribution is 9.11. The fourth-order valence-corrected chi connectivity index (χ4v) is 2.01. The first-order chi connectivity index (χ1) is 6.82. The van der Waals surface area contributed by atoms with Gasteiger partial charge in [0.25, 0.3) is 0 Å². The molecule has 0 radical (unpaired) electrons. The molecule has 15 heavy (non-hydrogen) atoms. The number of aliphatic hydroxyl groups is 1. The second kappa shape index (κ2) is 4.59. The number of benzene rings is 1. The molecule has 6 heteroatoms. The lowest BCUT2D eigenvalue weighted by atomic mass is 10.1. The van der Waals surface area contributed by atoms with E-state index in [9.17, 15) is 17.9 Å². The maximum atomic E-state index is 12.8. The van der Waals surface area contributed by atoms with Crippen LogP contribution in [0.15, 0.2) is 24.3 Å². The minimum atomic E-state index is -3.42. The summed E-state index contributed by atoms with van der Waals surface area (Å²) in [4.78, 5) is 0. The summed E-state index contributed by atoms with van der Waals surface area (Å²) >= 11 is 2.86. The predicted octanol–water partition coefficient (Wildman–Crippen LogP) is 1.62. The summed E-state index contributed by atoms with van der Waals surface area (Å²) in [7, 11) is -3.42. The highest BCUT2D eigenvalue weighted by Gasteiger charge is 2.27. The van der Waals surface area contributed by atoms with Crippen molar-refractivity contribution >= 4 is 25.8 Å². The molecule has 0 spiro atoms. The molecule has 0 unspecified atom stereocenters. The highest BCUT2D eigenvalue weighted by Crippen LogP contribution is 2.26.